The van der Waals surface area contributed by atoms with E-state index in [0.29, 0.717) is 11.8 Å². The van der Waals surface area contributed by atoms with Crippen LogP contribution in [0.1, 0.15) is 5.56 Å². The summed E-state index contributed by atoms with van der Waals surface area (Å²) in [6, 6.07) is 9.54. The molecule has 2 aromatic carbocycles. The molecule has 1 aromatic heterocycles. The Morgan fingerprint density at radius 2 is 1.59 bits per heavy atom. The van der Waals surface area contributed by atoms with E-state index in [1.165, 1.54) is 36.4 Å². The van der Waals surface area contributed by atoms with Crippen LogP contribution < -0.4 is 21.4 Å². The van der Waals surface area contributed by atoms with Crippen LogP contribution in [0.4, 0.5) is 24.5 Å². The number of benzene rings is 2. The Labute approximate surface area is 167 Å². The van der Waals surface area contributed by atoms with Gasteiger partial charge in [-0.3, -0.25) is 0 Å². The largest absolute Gasteiger partial charge is 0.423 e. The van der Waals surface area contributed by atoms with Crippen molar-refractivity contribution in [1.82, 2.24) is 0 Å². The highest BCUT2D eigenvalue weighted by atomic mass is 32.2. The van der Waals surface area contributed by atoms with Crippen LogP contribution in [0.5, 0.6) is 0 Å². The molecule has 4 N–H and O–H groups in total. The lowest BCUT2D eigenvalue weighted by Gasteiger charge is -2.13. The van der Waals surface area contributed by atoms with Gasteiger partial charge in [0.15, 0.2) is 5.11 Å². The second kappa shape index (κ2) is 7.46. The van der Waals surface area contributed by atoms with Gasteiger partial charge in [0, 0.05) is 28.9 Å². The first-order valence-electron chi connectivity index (χ1n) is 7.79. The van der Waals surface area contributed by atoms with Crippen LogP contribution in [0.2, 0.25) is 0 Å². The van der Waals surface area contributed by atoms with E-state index in [9.17, 15) is 26.4 Å². The zero-order valence-corrected chi connectivity index (χ0v) is 15.9. The van der Waals surface area contributed by atoms with E-state index in [1.807, 2.05) is 0 Å². The molecule has 1 heterocycles. The van der Waals surface area contributed by atoms with Gasteiger partial charge < -0.3 is 15.1 Å². The molecule has 0 aliphatic heterocycles. The summed E-state index contributed by atoms with van der Waals surface area (Å²) in [6.45, 7) is 0. The van der Waals surface area contributed by atoms with Gasteiger partial charge in [-0.25, -0.2) is 18.4 Å². The number of sulfonamides is 1. The molecular weight excluding hydrogens is 431 g/mol. The van der Waals surface area contributed by atoms with Gasteiger partial charge in [0.25, 0.3) is 0 Å². The molecule has 0 bridgehead atoms. The van der Waals surface area contributed by atoms with Crippen LogP contribution in [0.3, 0.4) is 0 Å². The van der Waals surface area contributed by atoms with Crippen LogP contribution in [-0.2, 0) is 16.2 Å². The molecule has 3 rings (SSSR count). The summed E-state index contributed by atoms with van der Waals surface area (Å²) in [7, 11) is -3.83. The van der Waals surface area contributed by atoms with Crippen molar-refractivity contribution in [2.24, 2.45) is 5.14 Å². The summed E-state index contributed by atoms with van der Waals surface area (Å²) in [4.78, 5) is 11.4. The number of hydrogen-bond donors (Lipinski definition) is 3. The van der Waals surface area contributed by atoms with Gasteiger partial charge in [0.1, 0.15) is 5.58 Å². The number of halogens is 3. The molecule has 152 valence electrons. The van der Waals surface area contributed by atoms with E-state index in [0.717, 1.165) is 6.07 Å². The van der Waals surface area contributed by atoms with Crippen molar-refractivity contribution in [2.45, 2.75) is 11.1 Å². The van der Waals surface area contributed by atoms with Gasteiger partial charge in [-0.15, -0.1) is 0 Å². The highest BCUT2D eigenvalue weighted by Gasteiger charge is 2.33. The average molecular weight is 443 g/mol. The first kappa shape index (κ1) is 20.8. The Kier molecular flexibility index (Phi) is 5.34. The monoisotopic (exact) mass is 443 g/mol. The summed E-state index contributed by atoms with van der Waals surface area (Å²) < 4.78 is 66.6. The summed E-state index contributed by atoms with van der Waals surface area (Å²) >= 11 is 5.12. The third kappa shape index (κ3) is 4.91. The molecule has 12 heteroatoms. The second-order valence-electron chi connectivity index (χ2n) is 5.84. The van der Waals surface area contributed by atoms with Gasteiger partial charge in [0.05, 0.1) is 10.5 Å². The zero-order chi connectivity index (χ0) is 21.4. The first-order chi connectivity index (χ1) is 13.4. The van der Waals surface area contributed by atoms with Crippen LogP contribution in [-0.4, -0.2) is 13.5 Å². The summed E-state index contributed by atoms with van der Waals surface area (Å²) in [5.41, 5.74) is -1.75. The standard InChI is InChI=1S/C17H12F3N3O4S2/c18-17(19,20)13-8-15(24)27-14-7-10(3-6-12(13)14)23-16(28)22-9-1-4-11(5-2-9)29(21,25)26/h1-8H,(H2,21,25,26)(H2,22,23,28). The number of thiocarbonyl (C=S) groups is 1. The topological polar surface area (TPSA) is 114 Å². The highest BCUT2D eigenvalue weighted by Crippen LogP contribution is 2.34. The van der Waals surface area contributed by atoms with Gasteiger partial charge in [-0.05, 0) is 48.6 Å². The normalized spacial score (nSPS) is 12.0. The minimum atomic E-state index is -4.71. The van der Waals surface area contributed by atoms with E-state index in [-0.39, 0.29) is 26.7 Å². The molecule has 0 atom stereocenters. The van der Waals surface area contributed by atoms with E-state index in [2.05, 4.69) is 10.6 Å². The Morgan fingerprint density at radius 1 is 1.00 bits per heavy atom. The van der Waals surface area contributed by atoms with Crippen molar-refractivity contribution >= 4 is 49.7 Å². The number of nitrogens with two attached hydrogens (primary N) is 1. The SMILES string of the molecule is NS(=O)(=O)c1ccc(NC(=S)Nc2ccc3c(C(F)(F)F)cc(=O)oc3c2)cc1. The number of nitrogens with one attached hydrogen (secondary N) is 2. The lowest BCUT2D eigenvalue weighted by Crippen LogP contribution is -2.19. The van der Waals surface area contributed by atoms with Gasteiger partial charge >= 0.3 is 11.8 Å². The predicted molar refractivity (Wildman–Crippen MR) is 105 cm³/mol. The fourth-order valence-corrected chi connectivity index (χ4v) is 3.25. The van der Waals surface area contributed by atoms with Crippen molar-refractivity contribution in [2.75, 3.05) is 10.6 Å². The summed E-state index contributed by atoms with van der Waals surface area (Å²) in [5.74, 6) is 0. The maximum atomic E-state index is 13.1. The molecule has 7 nitrogen and oxygen atoms in total. The highest BCUT2D eigenvalue weighted by molar-refractivity contribution is 7.89. The third-order valence-electron chi connectivity index (χ3n) is 3.75. The summed E-state index contributed by atoms with van der Waals surface area (Å²) in [6.07, 6.45) is -4.71. The van der Waals surface area contributed by atoms with Crippen molar-refractivity contribution in [3.8, 4) is 0 Å². The van der Waals surface area contributed by atoms with E-state index in [4.69, 9.17) is 21.8 Å². The second-order valence-corrected chi connectivity index (χ2v) is 7.81. The third-order valence-corrected chi connectivity index (χ3v) is 4.88. The predicted octanol–water partition coefficient (Wildman–Crippen LogP) is 3.27. The van der Waals surface area contributed by atoms with Gasteiger partial charge in [0.2, 0.25) is 10.0 Å². The van der Waals surface area contributed by atoms with E-state index < -0.39 is 27.4 Å². The summed E-state index contributed by atoms with van der Waals surface area (Å²) in [5, 5.41) is 10.3. The number of hydrogen-bond acceptors (Lipinski definition) is 5. The van der Waals surface area contributed by atoms with Crippen molar-refractivity contribution in [3.05, 3.63) is 64.5 Å². The molecule has 3 aromatic rings. The lowest BCUT2D eigenvalue weighted by molar-refractivity contribution is -0.136. The van der Waals surface area contributed by atoms with Crippen molar-refractivity contribution in [3.63, 3.8) is 0 Å². The minimum absolute atomic E-state index is 0.0713. The lowest BCUT2D eigenvalue weighted by atomic mass is 10.1. The molecular formula is C17H12F3N3O4S2. The van der Waals surface area contributed by atoms with Crippen molar-refractivity contribution < 1.29 is 26.0 Å². The molecule has 0 spiro atoms. The van der Waals surface area contributed by atoms with Crippen LogP contribution in [0.15, 0.2) is 62.6 Å². The van der Waals surface area contributed by atoms with E-state index >= 15 is 0 Å². The zero-order valence-electron chi connectivity index (χ0n) is 14.3. The number of alkyl halides is 3. The van der Waals surface area contributed by atoms with Crippen LogP contribution >= 0.6 is 12.2 Å². The van der Waals surface area contributed by atoms with Gasteiger partial charge in [-0.1, -0.05) is 0 Å². The molecule has 0 fully saturated rings. The quantitative estimate of drug-likeness (QED) is 0.420. The van der Waals surface area contributed by atoms with Crippen LogP contribution in [0, 0.1) is 0 Å². The number of rotatable bonds is 3. The van der Waals surface area contributed by atoms with Crippen LogP contribution in [0.25, 0.3) is 11.0 Å². The number of primary sulfonamides is 1. The fraction of sp³-hybridized carbons (Fsp3) is 0.0588. The minimum Gasteiger partial charge on any atom is -0.423 e. The number of fused-ring (bicyclic) bond motifs is 1. The Morgan fingerprint density at radius 3 is 2.17 bits per heavy atom. The molecule has 0 radical (unpaired) electrons. The van der Waals surface area contributed by atoms with E-state index in [1.54, 1.807) is 0 Å². The maximum Gasteiger partial charge on any atom is 0.417 e. The molecule has 0 unspecified atom stereocenters. The molecule has 0 aliphatic carbocycles. The molecule has 0 amide bonds. The first-order valence-corrected chi connectivity index (χ1v) is 9.75. The smallest absolute Gasteiger partial charge is 0.417 e. The molecule has 29 heavy (non-hydrogen) atoms. The molecule has 0 aliphatic rings. The molecule has 0 saturated carbocycles. The van der Waals surface area contributed by atoms with Crippen molar-refractivity contribution in [1.29, 1.82) is 0 Å². The Balaban J connectivity index is 1.81. The average Bonchev–Trinajstić information content (AvgIpc) is 2.59. The number of anilines is 2. The Hall–Kier alpha value is -2.96. The maximum absolute atomic E-state index is 13.1. The van der Waals surface area contributed by atoms with Gasteiger partial charge in [-0.2, -0.15) is 13.2 Å². The molecule has 0 saturated heterocycles. The fourth-order valence-electron chi connectivity index (χ4n) is 2.50. The Bertz CT molecular complexity index is 1250.